The smallest absolute Gasteiger partial charge is 0.408 e. The van der Waals surface area contributed by atoms with Crippen molar-refractivity contribution in [2.75, 3.05) is 36.4 Å². The van der Waals surface area contributed by atoms with Gasteiger partial charge in [-0.15, -0.1) is 0 Å². The van der Waals surface area contributed by atoms with Crippen molar-refractivity contribution in [2.45, 2.75) is 13.5 Å². The van der Waals surface area contributed by atoms with Gasteiger partial charge < -0.3 is 19.5 Å². The van der Waals surface area contributed by atoms with Gasteiger partial charge in [-0.1, -0.05) is 36.4 Å². The fourth-order valence-electron chi connectivity index (χ4n) is 4.43. The van der Waals surface area contributed by atoms with E-state index in [4.69, 9.17) is 4.42 Å². The molecule has 1 saturated heterocycles. The summed E-state index contributed by atoms with van der Waals surface area (Å²) in [5.74, 6) is -1.08. The summed E-state index contributed by atoms with van der Waals surface area (Å²) in [6.07, 6.45) is 0. The number of piperazine rings is 1. The average Bonchev–Trinajstić information content (AvgIpc) is 3.19. The molecule has 3 aromatic carbocycles. The highest BCUT2D eigenvalue weighted by molar-refractivity contribution is 6.05. The van der Waals surface area contributed by atoms with E-state index in [1.807, 2.05) is 30.3 Å². The molecule has 0 atom stereocenters. The summed E-state index contributed by atoms with van der Waals surface area (Å²) < 4.78 is 6.62. The first kappa shape index (κ1) is 22.5. The van der Waals surface area contributed by atoms with Gasteiger partial charge in [-0.2, -0.15) is 0 Å². The lowest BCUT2D eigenvalue weighted by molar-refractivity contribution is -0.132. The molecule has 8 nitrogen and oxygen atoms in total. The molecule has 0 spiro atoms. The van der Waals surface area contributed by atoms with Crippen molar-refractivity contribution in [3.05, 3.63) is 94.5 Å². The van der Waals surface area contributed by atoms with E-state index in [0.717, 1.165) is 13.1 Å². The number of hydrogen-bond acceptors (Lipinski definition) is 5. The van der Waals surface area contributed by atoms with Crippen LogP contribution in [0.25, 0.3) is 11.1 Å². The summed E-state index contributed by atoms with van der Waals surface area (Å²) in [5.41, 5.74) is 4.18. The number of nitrogens with one attached hydrogen (secondary N) is 1. The minimum atomic E-state index is -0.618. The van der Waals surface area contributed by atoms with E-state index in [2.05, 4.69) is 29.3 Å². The van der Waals surface area contributed by atoms with E-state index in [0.29, 0.717) is 35.4 Å². The summed E-state index contributed by atoms with van der Waals surface area (Å²) in [5, 5.41) is 2.83. The quantitative estimate of drug-likeness (QED) is 0.482. The van der Waals surface area contributed by atoms with Gasteiger partial charge in [-0.3, -0.25) is 14.2 Å². The number of carbonyl (C=O) groups excluding carboxylic acids is 2. The number of oxazole rings is 1. The molecule has 8 heteroatoms. The first-order valence-corrected chi connectivity index (χ1v) is 11.6. The lowest BCUT2D eigenvalue weighted by Gasteiger charge is -2.36. The third kappa shape index (κ3) is 4.68. The normalized spacial score (nSPS) is 13.7. The Kier molecular flexibility index (Phi) is 6.10. The molecule has 0 bridgehead atoms. The van der Waals surface area contributed by atoms with Crippen LogP contribution in [-0.4, -0.2) is 47.5 Å². The molecule has 0 unspecified atom stereocenters. The van der Waals surface area contributed by atoms with E-state index in [-0.39, 0.29) is 18.4 Å². The second-order valence-corrected chi connectivity index (χ2v) is 8.61. The fraction of sp³-hybridized carbons (Fsp3) is 0.222. The molecule has 1 fully saturated rings. The van der Waals surface area contributed by atoms with Crippen LogP contribution >= 0.6 is 0 Å². The number of aromatic nitrogens is 1. The van der Waals surface area contributed by atoms with Crippen LogP contribution in [0.5, 0.6) is 0 Å². The van der Waals surface area contributed by atoms with Gasteiger partial charge in [-0.05, 0) is 48.9 Å². The maximum atomic E-state index is 13.1. The van der Waals surface area contributed by atoms with Crippen LogP contribution in [0.4, 0.5) is 11.4 Å². The van der Waals surface area contributed by atoms with E-state index in [1.54, 1.807) is 35.2 Å². The zero-order chi connectivity index (χ0) is 24.4. The van der Waals surface area contributed by atoms with Gasteiger partial charge >= 0.3 is 5.76 Å². The van der Waals surface area contributed by atoms with Crippen LogP contribution in [0.3, 0.4) is 0 Å². The molecule has 2 heterocycles. The van der Waals surface area contributed by atoms with Gasteiger partial charge in [0.1, 0.15) is 6.54 Å². The number of nitrogens with zero attached hydrogens (tertiary/aromatic N) is 3. The summed E-state index contributed by atoms with van der Waals surface area (Å²) in [6.45, 7) is 4.53. The molecule has 178 valence electrons. The van der Waals surface area contributed by atoms with Crippen molar-refractivity contribution in [3.8, 4) is 0 Å². The zero-order valence-electron chi connectivity index (χ0n) is 19.4. The van der Waals surface area contributed by atoms with Gasteiger partial charge in [0.2, 0.25) is 5.91 Å². The van der Waals surface area contributed by atoms with Crippen LogP contribution < -0.4 is 16.0 Å². The van der Waals surface area contributed by atoms with Crippen LogP contribution in [0, 0.1) is 6.92 Å². The molecule has 35 heavy (non-hydrogen) atoms. The van der Waals surface area contributed by atoms with Crippen LogP contribution in [0.15, 0.2) is 82.0 Å². The lowest BCUT2D eigenvalue weighted by Crippen LogP contribution is -2.50. The zero-order valence-corrected chi connectivity index (χ0v) is 19.4. The topological polar surface area (TPSA) is 87.8 Å². The maximum Gasteiger partial charge on any atom is 0.420 e. The number of amides is 2. The molecule has 0 radical (unpaired) electrons. The van der Waals surface area contributed by atoms with E-state index in [9.17, 15) is 14.4 Å². The number of para-hydroxylation sites is 2. The van der Waals surface area contributed by atoms with Crippen molar-refractivity contribution in [1.29, 1.82) is 0 Å². The Hall–Kier alpha value is -4.33. The number of hydrogen-bond donors (Lipinski definition) is 1. The Morgan fingerprint density at radius 2 is 1.63 bits per heavy atom. The van der Waals surface area contributed by atoms with E-state index >= 15 is 0 Å². The third-order valence-corrected chi connectivity index (χ3v) is 6.34. The molecule has 5 rings (SSSR count). The van der Waals surface area contributed by atoms with Gasteiger partial charge in [0.15, 0.2) is 5.58 Å². The summed E-state index contributed by atoms with van der Waals surface area (Å²) in [7, 11) is 0. The SMILES string of the molecule is Cc1ccccc1N1CCN(C(=O)Cn2c(=O)oc3ccc(C(=O)Nc4ccccc4)cc32)CC1. The van der Waals surface area contributed by atoms with Crippen LogP contribution in [0.2, 0.25) is 0 Å². The van der Waals surface area contributed by atoms with Crippen LogP contribution in [0.1, 0.15) is 15.9 Å². The minimum absolute atomic E-state index is 0.139. The number of anilines is 2. The molecule has 0 aliphatic carbocycles. The largest absolute Gasteiger partial charge is 0.420 e. The minimum Gasteiger partial charge on any atom is -0.408 e. The van der Waals surface area contributed by atoms with Crippen molar-refractivity contribution < 1.29 is 14.0 Å². The van der Waals surface area contributed by atoms with Gasteiger partial charge in [0.05, 0.1) is 5.52 Å². The van der Waals surface area contributed by atoms with E-state index < -0.39 is 5.76 Å². The highest BCUT2D eigenvalue weighted by atomic mass is 16.4. The number of benzene rings is 3. The predicted molar refractivity (Wildman–Crippen MR) is 135 cm³/mol. The molecule has 1 N–H and O–H groups in total. The first-order chi connectivity index (χ1) is 17.0. The number of rotatable bonds is 5. The second kappa shape index (κ2) is 9.50. The number of aryl methyl sites for hydroxylation is 1. The lowest BCUT2D eigenvalue weighted by atomic mass is 10.1. The first-order valence-electron chi connectivity index (χ1n) is 11.6. The van der Waals surface area contributed by atoms with Crippen LogP contribution in [-0.2, 0) is 11.3 Å². The van der Waals surface area contributed by atoms with Crippen molar-refractivity contribution in [2.24, 2.45) is 0 Å². The van der Waals surface area contributed by atoms with Gasteiger partial charge in [0, 0.05) is 43.1 Å². The Labute approximate surface area is 202 Å². The molecule has 2 amide bonds. The summed E-state index contributed by atoms with van der Waals surface area (Å²) >= 11 is 0. The highest BCUT2D eigenvalue weighted by Gasteiger charge is 2.24. The fourth-order valence-corrected chi connectivity index (χ4v) is 4.43. The molecule has 0 saturated carbocycles. The average molecular weight is 471 g/mol. The Balaban J connectivity index is 1.30. The Morgan fingerprint density at radius 3 is 2.37 bits per heavy atom. The monoisotopic (exact) mass is 470 g/mol. The molecule has 1 aliphatic heterocycles. The number of carbonyl (C=O) groups is 2. The highest BCUT2D eigenvalue weighted by Crippen LogP contribution is 2.21. The summed E-state index contributed by atoms with van der Waals surface area (Å²) in [4.78, 5) is 42.3. The van der Waals surface area contributed by atoms with Crippen molar-refractivity contribution in [1.82, 2.24) is 9.47 Å². The third-order valence-electron chi connectivity index (χ3n) is 6.34. The Bertz CT molecular complexity index is 1430. The predicted octanol–water partition coefficient (Wildman–Crippen LogP) is 3.50. The van der Waals surface area contributed by atoms with Crippen molar-refractivity contribution >= 4 is 34.3 Å². The Morgan fingerprint density at radius 1 is 0.914 bits per heavy atom. The molecular formula is C27H26N4O4. The molecule has 4 aromatic rings. The number of fused-ring (bicyclic) bond motifs is 1. The second-order valence-electron chi connectivity index (χ2n) is 8.61. The maximum absolute atomic E-state index is 13.1. The van der Waals surface area contributed by atoms with Gasteiger partial charge in [-0.25, -0.2) is 4.79 Å². The van der Waals surface area contributed by atoms with Gasteiger partial charge in [0.25, 0.3) is 5.91 Å². The standard InChI is InChI=1S/C27H26N4O4/c1-19-7-5-6-10-22(19)29-13-15-30(16-14-29)25(32)18-31-23-17-20(11-12-24(23)35-27(31)34)26(33)28-21-8-3-2-4-9-21/h2-12,17H,13-16,18H2,1H3,(H,28,33). The summed E-state index contributed by atoms with van der Waals surface area (Å²) in [6, 6.07) is 22.1. The molecule has 1 aromatic heterocycles. The molecular weight excluding hydrogens is 444 g/mol. The molecule has 1 aliphatic rings. The van der Waals surface area contributed by atoms with E-state index in [1.165, 1.54) is 15.8 Å². The van der Waals surface area contributed by atoms with Crippen molar-refractivity contribution in [3.63, 3.8) is 0 Å².